The average Bonchev–Trinajstić information content (AvgIpc) is 2.84. The predicted octanol–water partition coefficient (Wildman–Crippen LogP) is 6.70. The normalized spacial score (nSPS) is 11.8. The van der Waals surface area contributed by atoms with Gasteiger partial charge in [-0.2, -0.15) is 0 Å². The lowest BCUT2D eigenvalue weighted by Crippen LogP contribution is -2.52. The van der Waals surface area contributed by atoms with E-state index in [0.29, 0.717) is 28.8 Å². The van der Waals surface area contributed by atoms with Crippen molar-refractivity contribution < 1.29 is 9.59 Å². The van der Waals surface area contributed by atoms with Crippen molar-refractivity contribution in [2.45, 2.75) is 51.6 Å². The molecule has 0 radical (unpaired) electrons. The van der Waals surface area contributed by atoms with Crippen LogP contribution in [0.3, 0.4) is 0 Å². The Labute approximate surface area is 228 Å². The van der Waals surface area contributed by atoms with Gasteiger partial charge in [-0.1, -0.05) is 83.9 Å². The molecule has 0 spiro atoms. The molecule has 1 N–H and O–H groups in total. The maximum atomic E-state index is 13.7. The zero-order valence-corrected chi connectivity index (χ0v) is 23.2. The number of nitrogens with zero attached hydrogens (tertiary/aromatic N) is 1. The Bertz CT molecular complexity index is 1150. The van der Waals surface area contributed by atoms with Crippen molar-refractivity contribution in [3.63, 3.8) is 0 Å². The van der Waals surface area contributed by atoms with Gasteiger partial charge in [0, 0.05) is 34.8 Å². The summed E-state index contributed by atoms with van der Waals surface area (Å²) in [6, 6.07) is 22.5. The Hall–Kier alpha value is -2.47. The quantitative estimate of drug-likeness (QED) is 0.293. The number of halogens is 2. The van der Waals surface area contributed by atoms with Gasteiger partial charge in [0.25, 0.3) is 0 Å². The molecule has 3 rings (SSSR count). The zero-order valence-electron chi connectivity index (χ0n) is 20.8. The fraction of sp³-hybridized carbons (Fsp3) is 0.310. The largest absolute Gasteiger partial charge is 0.352 e. The highest BCUT2D eigenvalue weighted by Crippen LogP contribution is 2.28. The lowest BCUT2D eigenvalue weighted by atomic mass is 10.0. The highest BCUT2D eigenvalue weighted by atomic mass is 35.5. The third-order valence-corrected chi connectivity index (χ3v) is 7.49. The Balaban J connectivity index is 1.88. The van der Waals surface area contributed by atoms with Gasteiger partial charge in [0.2, 0.25) is 11.8 Å². The van der Waals surface area contributed by atoms with Crippen molar-refractivity contribution in [2.75, 3.05) is 5.75 Å². The number of benzene rings is 3. The number of hydrogen-bond acceptors (Lipinski definition) is 3. The summed E-state index contributed by atoms with van der Waals surface area (Å²) in [7, 11) is 0. The molecule has 0 aliphatic heterocycles. The summed E-state index contributed by atoms with van der Waals surface area (Å²) in [5.41, 5.74) is 3.90. The van der Waals surface area contributed by atoms with Gasteiger partial charge in [0.1, 0.15) is 6.04 Å². The number of thioether (sulfide) groups is 1. The van der Waals surface area contributed by atoms with Crippen LogP contribution in [0.5, 0.6) is 0 Å². The molecule has 0 fully saturated rings. The van der Waals surface area contributed by atoms with E-state index in [2.05, 4.69) is 5.32 Å². The van der Waals surface area contributed by atoms with E-state index < -0.39 is 6.04 Å². The summed E-state index contributed by atoms with van der Waals surface area (Å²) in [6.07, 6.45) is 0.429. The van der Waals surface area contributed by atoms with E-state index in [-0.39, 0.29) is 23.6 Å². The first-order valence-corrected chi connectivity index (χ1v) is 13.9. The molecule has 0 saturated carbocycles. The van der Waals surface area contributed by atoms with Gasteiger partial charge in [0.15, 0.2) is 0 Å². The second kappa shape index (κ2) is 13.7. The topological polar surface area (TPSA) is 49.4 Å². The highest BCUT2D eigenvalue weighted by molar-refractivity contribution is 7.99. The maximum Gasteiger partial charge on any atom is 0.243 e. The molecule has 4 nitrogen and oxygen atoms in total. The minimum atomic E-state index is -0.647. The minimum absolute atomic E-state index is 0.0390. The van der Waals surface area contributed by atoms with E-state index in [1.54, 1.807) is 23.1 Å². The van der Waals surface area contributed by atoms with Crippen LogP contribution in [0.4, 0.5) is 0 Å². The van der Waals surface area contributed by atoms with E-state index in [0.717, 1.165) is 22.3 Å². The summed E-state index contributed by atoms with van der Waals surface area (Å²) in [6.45, 7) is 6.22. The number of hydrogen-bond donors (Lipinski definition) is 1. The fourth-order valence-electron chi connectivity index (χ4n) is 3.90. The minimum Gasteiger partial charge on any atom is -0.352 e. The monoisotopic (exact) mass is 542 g/mol. The maximum absolute atomic E-state index is 13.7. The molecule has 0 unspecified atom stereocenters. The van der Waals surface area contributed by atoms with Crippen molar-refractivity contribution in [1.82, 2.24) is 10.2 Å². The summed E-state index contributed by atoms with van der Waals surface area (Å²) < 4.78 is 0. The van der Waals surface area contributed by atoms with Crippen LogP contribution in [0.1, 0.15) is 36.1 Å². The molecular formula is C29H32Cl2N2O2S. The van der Waals surface area contributed by atoms with E-state index in [9.17, 15) is 9.59 Å². The average molecular weight is 544 g/mol. The standard InChI is InChI=1S/C29H32Cl2N2O2S/c1-20(2)32-29(35)27(16-22-11-5-4-6-12-22)33(17-23-13-8-7-10-21(23)3)28(34)19-36-18-24-25(30)14-9-15-26(24)31/h4-15,20,27H,16-19H2,1-3H3,(H,32,35)/t27-/m1/s1. The van der Waals surface area contributed by atoms with Gasteiger partial charge < -0.3 is 10.2 Å². The van der Waals surface area contributed by atoms with Gasteiger partial charge >= 0.3 is 0 Å². The Morgan fingerprint density at radius 1 is 0.917 bits per heavy atom. The molecule has 3 aromatic rings. The van der Waals surface area contributed by atoms with Crippen LogP contribution in [0.15, 0.2) is 72.8 Å². The van der Waals surface area contributed by atoms with Gasteiger partial charge in [-0.05, 0) is 55.2 Å². The van der Waals surface area contributed by atoms with E-state index in [4.69, 9.17) is 23.2 Å². The summed E-state index contributed by atoms with van der Waals surface area (Å²) >= 11 is 14.1. The SMILES string of the molecule is Cc1ccccc1CN(C(=O)CSCc1c(Cl)cccc1Cl)[C@H](Cc1ccccc1)C(=O)NC(C)C. The van der Waals surface area contributed by atoms with Crippen LogP contribution in [0.2, 0.25) is 10.0 Å². The Morgan fingerprint density at radius 2 is 1.56 bits per heavy atom. The number of carbonyl (C=O) groups is 2. The zero-order chi connectivity index (χ0) is 26.1. The van der Waals surface area contributed by atoms with E-state index in [1.807, 2.05) is 75.4 Å². The van der Waals surface area contributed by atoms with Crippen LogP contribution in [0.25, 0.3) is 0 Å². The number of nitrogens with one attached hydrogen (secondary N) is 1. The van der Waals surface area contributed by atoms with Crippen LogP contribution in [-0.4, -0.2) is 34.6 Å². The fourth-order valence-corrected chi connectivity index (χ4v) is 5.55. The Kier molecular flexibility index (Phi) is 10.7. The predicted molar refractivity (Wildman–Crippen MR) is 152 cm³/mol. The third-order valence-electron chi connectivity index (χ3n) is 5.84. The first-order valence-electron chi connectivity index (χ1n) is 11.9. The van der Waals surface area contributed by atoms with E-state index >= 15 is 0 Å². The van der Waals surface area contributed by atoms with Gasteiger partial charge in [-0.15, -0.1) is 11.8 Å². The molecule has 0 saturated heterocycles. The molecule has 0 bridgehead atoms. The van der Waals surface area contributed by atoms with Crippen molar-refractivity contribution in [3.05, 3.63) is 105 Å². The lowest BCUT2D eigenvalue weighted by molar-refractivity contribution is -0.139. The van der Waals surface area contributed by atoms with Crippen molar-refractivity contribution in [2.24, 2.45) is 0 Å². The van der Waals surface area contributed by atoms with Gasteiger partial charge in [0.05, 0.1) is 5.75 Å². The van der Waals surface area contributed by atoms with Crippen LogP contribution < -0.4 is 5.32 Å². The second-order valence-electron chi connectivity index (χ2n) is 9.01. The van der Waals surface area contributed by atoms with Gasteiger partial charge in [-0.3, -0.25) is 9.59 Å². The number of rotatable bonds is 11. The van der Waals surface area contributed by atoms with Crippen molar-refractivity contribution in [3.8, 4) is 0 Å². The first-order chi connectivity index (χ1) is 17.3. The summed E-state index contributed by atoms with van der Waals surface area (Å²) in [5, 5.41) is 4.18. The van der Waals surface area contributed by atoms with E-state index in [1.165, 1.54) is 11.8 Å². The van der Waals surface area contributed by atoms with Crippen LogP contribution in [-0.2, 0) is 28.3 Å². The van der Waals surface area contributed by atoms with Crippen molar-refractivity contribution in [1.29, 1.82) is 0 Å². The molecule has 2 amide bonds. The molecule has 7 heteroatoms. The Morgan fingerprint density at radius 3 is 2.19 bits per heavy atom. The summed E-state index contributed by atoms with van der Waals surface area (Å²) in [4.78, 5) is 28.8. The van der Waals surface area contributed by atoms with Crippen molar-refractivity contribution >= 4 is 46.8 Å². The molecule has 0 aliphatic rings. The van der Waals surface area contributed by atoms with Crippen LogP contribution >= 0.6 is 35.0 Å². The molecule has 1 atom stereocenters. The second-order valence-corrected chi connectivity index (χ2v) is 10.8. The lowest BCUT2D eigenvalue weighted by Gasteiger charge is -2.32. The molecular weight excluding hydrogens is 511 g/mol. The molecule has 0 aromatic heterocycles. The molecule has 190 valence electrons. The third kappa shape index (κ3) is 8.02. The molecule has 0 heterocycles. The summed E-state index contributed by atoms with van der Waals surface area (Å²) in [5.74, 6) is 0.443. The van der Waals surface area contributed by atoms with Crippen LogP contribution in [0, 0.1) is 6.92 Å². The first kappa shape index (κ1) is 28.1. The smallest absolute Gasteiger partial charge is 0.243 e. The highest BCUT2D eigenvalue weighted by Gasteiger charge is 2.31. The number of carbonyl (C=O) groups excluding carboxylic acids is 2. The number of amides is 2. The molecule has 3 aromatic carbocycles. The molecule has 0 aliphatic carbocycles. The van der Waals surface area contributed by atoms with Gasteiger partial charge in [-0.25, -0.2) is 0 Å². The molecule has 36 heavy (non-hydrogen) atoms. The number of aryl methyl sites for hydroxylation is 1.